The average Bonchev–Trinajstić information content (AvgIpc) is 2.29. The molecule has 1 N–H and O–H groups in total. The fraction of sp³-hybridized carbons (Fsp3) is 0.923. The van der Waals surface area contributed by atoms with Crippen molar-refractivity contribution < 1.29 is 18.8 Å². The Morgan fingerprint density at radius 3 is 2.44 bits per heavy atom. The van der Waals surface area contributed by atoms with E-state index in [2.05, 4.69) is 0 Å². The molecule has 0 heterocycles. The Labute approximate surface area is 112 Å². The molecule has 1 atom stereocenters. The minimum Gasteiger partial charge on any atom is -0.466 e. The van der Waals surface area contributed by atoms with Gasteiger partial charge in [-0.1, -0.05) is 13.8 Å². The van der Waals surface area contributed by atoms with E-state index in [1.165, 1.54) is 0 Å². The standard InChI is InChI=1S/C13H24O4S/c1-4-17-12(14)11-5-7-13(15,8-6-11)9-18(16)10(2)3/h10-11,15H,4-9H2,1-3H3. The highest BCUT2D eigenvalue weighted by molar-refractivity contribution is 7.85. The van der Waals surface area contributed by atoms with E-state index in [1.807, 2.05) is 13.8 Å². The average molecular weight is 276 g/mol. The van der Waals surface area contributed by atoms with Crippen molar-refractivity contribution in [3.05, 3.63) is 0 Å². The van der Waals surface area contributed by atoms with Gasteiger partial charge in [0.1, 0.15) is 0 Å². The van der Waals surface area contributed by atoms with E-state index in [0.717, 1.165) is 0 Å². The van der Waals surface area contributed by atoms with Gasteiger partial charge >= 0.3 is 5.97 Å². The van der Waals surface area contributed by atoms with E-state index in [1.54, 1.807) is 6.92 Å². The van der Waals surface area contributed by atoms with Crippen molar-refractivity contribution in [3.63, 3.8) is 0 Å². The van der Waals surface area contributed by atoms with Crippen LogP contribution in [0.15, 0.2) is 0 Å². The lowest BCUT2D eigenvalue weighted by atomic mass is 9.80. The molecule has 18 heavy (non-hydrogen) atoms. The first-order valence-electron chi connectivity index (χ1n) is 6.64. The molecule has 4 nitrogen and oxygen atoms in total. The molecule has 0 bridgehead atoms. The second kappa shape index (κ2) is 6.66. The maximum atomic E-state index is 11.8. The fourth-order valence-corrected chi connectivity index (χ4v) is 3.38. The number of hydrogen-bond acceptors (Lipinski definition) is 4. The van der Waals surface area contributed by atoms with Crippen molar-refractivity contribution >= 4 is 16.8 Å². The van der Waals surface area contributed by atoms with Crippen molar-refractivity contribution in [1.29, 1.82) is 0 Å². The number of rotatable bonds is 5. The molecule has 0 saturated heterocycles. The summed E-state index contributed by atoms with van der Waals surface area (Å²) in [5.41, 5.74) is -0.863. The van der Waals surface area contributed by atoms with Crippen LogP contribution in [-0.4, -0.2) is 38.5 Å². The number of esters is 1. The number of carbonyl (C=O) groups excluding carboxylic acids is 1. The lowest BCUT2D eigenvalue weighted by Crippen LogP contribution is -2.42. The largest absolute Gasteiger partial charge is 0.466 e. The van der Waals surface area contributed by atoms with Crippen molar-refractivity contribution in [2.45, 2.75) is 57.3 Å². The van der Waals surface area contributed by atoms with E-state index in [4.69, 9.17) is 4.74 Å². The first-order valence-corrected chi connectivity index (χ1v) is 8.02. The van der Waals surface area contributed by atoms with Gasteiger partial charge in [-0.15, -0.1) is 0 Å². The van der Waals surface area contributed by atoms with Gasteiger partial charge in [0, 0.05) is 16.0 Å². The van der Waals surface area contributed by atoms with Crippen LogP contribution in [0.4, 0.5) is 0 Å². The van der Waals surface area contributed by atoms with Crippen molar-refractivity contribution in [1.82, 2.24) is 0 Å². The van der Waals surface area contributed by atoms with E-state index in [0.29, 0.717) is 38.0 Å². The van der Waals surface area contributed by atoms with Crippen LogP contribution in [0.1, 0.15) is 46.5 Å². The van der Waals surface area contributed by atoms with E-state index >= 15 is 0 Å². The molecule has 0 aromatic heterocycles. The van der Waals surface area contributed by atoms with Crippen molar-refractivity contribution in [2.24, 2.45) is 5.92 Å². The quantitative estimate of drug-likeness (QED) is 0.775. The third-order valence-electron chi connectivity index (χ3n) is 3.47. The highest BCUT2D eigenvalue weighted by Gasteiger charge is 2.37. The van der Waals surface area contributed by atoms with Gasteiger partial charge in [-0.05, 0) is 32.6 Å². The van der Waals surface area contributed by atoms with Gasteiger partial charge in [0.25, 0.3) is 0 Å². The summed E-state index contributed by atoms with van der Waals surface area (Å²) in [5.74, 6) is 0.0578. The highest BCUT2D eigenvalue weighted by atomic mass is 32.2. The van der Waals surface area contributed by atoms with Crippen LogP contribution in [0.3, 0.4) is 0 Å². The Balaban J connectivity index is 2.46. The predicted octanol–water partition coefficient (Wildman–Crippen LogP) is 1.63. The van der Waals surface area contributed by atoms with Gasteiger partial charge in [0.15, 0.2) is 0 Å². The van der Waals surface area contributed by atoms with Gasteiger partial charge in [-0.3, -0.25) is 9.00 Å². The summed E-state index contributed by atoms with van der Waals surface area (Å²) in [6, 6.07) is 0. The van der Waals surface area contributed by atoms with Crippen LogP contribution >= 0.6 is 0 Å². The second-order valence-corrected chi connectivity index (χ2v) is 7.32. The topological polar surface area (TPSA) is 63.6 Å². The van der Waals surface area contributed by atoms with Crippen molar-refractivity contribution in [3.8, 4) is 0 Å². The Kier molecular flexibility index (Phi) is 5.79. The van der Waals surface area contributed by atoms with Crippen LogP contribution in [0, 0.1) is 5.92 Å². The number of hydrogen-bond donors (Lipinski definition) is 1. The molecule has 106 valence electrons. The molecular formula is C13H24O4S. The molecule has 1 aliphatic rings. The van der Waals surface area contributed by atoms with E-state index in [-0.39, 0.29) is 17.1 Å². The molecular weight excluding hydrogens is 252 g/mol. The molecule has 1 fully saturated rings. The Bertz CT molecular complexity index is 306. The molecule has 0 aromatic rings. The lowest BCUT2D eigenvalue weighted by molar-refractivity contribution is -0.150. The minimum atomic E-state index is -1.00. The second-order valence-electron chi connectivity index (χ2n) is 5.32. The number of ether oxygens (including phenoxy) is 1. The predicted molar refractivity (Wildman–Crippen MR) is 71.7 cm³/mol. The van der Waals surface area contributed by atoms with Gasteiger partial charge in [-0.25, -0.2) is 0 Å². The van der Waals surface area contributed by atoms with Gasteiger partial charge in [0.05, 0.1) is 23.9 Å². The molecule has 1 saturated carbocycles. The normalized spacial score (nSPS) is 30.2. The Morgan fingerprint density at radius 2 is 2.00 bits per heavy atom. The van der Waals surface area contributed by atoms with Crippen LogP contribution < -0.4 is 0 Å². The van der Waals surface area contributed by atoms with Crippen LogP contribution in [-0.2, 0) is 20.3 Å². The molecule has 1 rings (SSSR count). The molecule has 1 aliphatic carbocycles. The third-order valence-corrected chi connectivity index (χ3v) is 5.35. The summed E-state index contributed by atoms with van der Waals surface area (Å²) >= 11 is 0. The number of aliphatic hydroxyl groups is 1. The summed E-state index contributed by atoms with van der Waals surface area (Å²) in [7, 11) is -1.00. The first kappa shape index (κ1) is 15.6. The smallest absolute Gasteiger partial charge is 0.308 e. The van der Waals surface area contributed by atoms with Crippen LogP contribution in [0.25, 0.3) is 0 Å². The Morgan fingerprint density at radius 1 is 1.44 bits per heavy atom. The SMILES string of the molecule is CCOC(=O)C1CCC(O)(CS(=O)C(C)C)CC1. The maximum Gasteiger partial charge on any atom is 0.308 e. The summed E-state index contributed by atoms with van der Waals surface area (Å²) in [4.78, 5) is 11.6. The van der Waals surface area contributed by atoms with Gasteiger partial charge in [-0.2, -0.15) is 0 Å². The minimum absolute atomic E-state index is 0.0665. The lowest BCUT2D eigenvalue weighted by Gasteiger charge is -2.35. The first-order chi connectivity index (χ1) is 8.38. The highest BCUT2D eigenvalue weighted by Crippen LogP contribution is 2.33. The fourth-order valence-electron chi connectivity index (χ4n) is 2.23. The zero-order valence-corrected chi connectivity index (χ0v) is 12.3. The molecule has 0 radical (unpaired) electrons. The molecule has 5 heteroatoms. The summed E-state index contributed by atoms with van der Waals surface area (Å²) in [6.07, 6.45) is 2.33. The monoisotopic (exact) mass is 276 g/mol. The summed E-state index contributed by atoms with van der Waals surface area (Å²) in [6.45, 7) is 5.98. The van der Waals surface area contributed by atoms with E-state index in [9.17, 15) is 14.1 Å². The van der Waals surface area contributed by atoms with Crippen molar-refractivity contribution in [2.75, 3.05) is 12.4 Å². The summed E-state index contributed by atoms with van der Waals surface area (Å²) < 4.78 is 16.8. The number of carbonyl (C=O) groups is 1. The Hall–Kier alpha value is -0.420. The zero-order chi connectivity index (χ0) is 13.8. The molecule has 0 amide bonds. The van der Waals surface area contributed by atoms with Gasteiger partial charge in [0.2, 0.25) is 0 Å². The van der Waals surface area contributed by atoms with Gasteiger partial charge < -0.3 is 9.84 Å². The molecule has 0 spiro atoms. The maximum absolute atomic E-state index is 11.8. The third kappa shape index (κ3) is 4.35. The van der Waals surface area contributed by atoms with Crippen LogP contribution in [0.5, 0.6) is 0 Å². The molecule has 0 aliphatic heterocycles. The molecule has 0 aromatic carbocycles. The van der Waals surface area contributed by atoms with Crippen LogP contribution in [0.2, 0.25) is 0 Å². The van der Waals surface area contributed by atoms with E-state index < -0.39 is 16.4 Å². The zero-order valence-electron chi connectivity index (χ0n) is 11.5. The summed E-state index contributed by atoms with van der Waals surface area (Å²) in [5, 5.41) is 10.4. The molecule has 1 unspecified atom stereocenters.